The molecule has 0 fully saturated rings. The molecule has 0 spiro atoms. The fourth-order valence-electron chi connectivity index (χ4n) is 3.16. The summed E-state index contributed by atoms with van der Waals surface area (Å²) in [6, 6.07) is 6.62. The van der Waals surface area contributed by atoms with E-state index in [0.29, 0.717) is 33.4 Å². The van der Waals surface area contributed by atoms with Crippen molar-refractivity contribution in [1.29, 1.82) is 0 Å². The SMILES string of the molecule is COc1ccc2c3c(ccc(OC)c13)C(=O)N(CCOC(=O)C(C)(C)C)C2=O. The van der Waals surface area contributed by atoms with Crippen LogP contribution in [0.4, 0.5) is 0 Å². The minimum Gasteiger partial charge on any atom is -0.496 e. The van der Waals surface area contributed by atoms with E-state index in [9.17, 15) is 14.4 Å². The van der Waals surface area contributed by atoms with Gasteiger partial charge >= 0.3 is 5.97 Å². The number of carbonyl (C=O) groups excluding carboxylic acids is 3. The van der Waals surface area contributed by atoms with Gasteiger partial charge in [0.15, 0.2) is 0 Å². The second-order valence-corrected chi connectivity index (χ2v) is 7.53. The van der Waals surface area contributed by atoms with Gasteiger partial charge in [-0.1, -0.05) is 0 Å². The zero-order valence-corrected chi connectivity index (χ0v) is 16.6. The number of imide groups is 1. The molecule has 0 N–H and O–H groups in total. The molecule has 0 bridgehead atoms. The number of nitrogens with zero attached hydrogens (tertiary/aromatic N) is 1. The molecular formula is C21H23NO6. The fourth-order valence-corrected chi connectivity index (χ4v) is 3.16. The van der Waals surface area contributed by atoms with Crippen molar-refractivity contribution in [2.45, 2.75) is 20.8 Å². The fraction of sp³-hybridized carbons (Fsp3) is 0.381. The van der Waals surface area contributed by atoms with Crippen LogP contribution in [0.5, 0.6) is 11.5 Å². The number of carbonyl (C=O) groups is 3. The van der Waals surface area contributed by atoms with Gasteiger partial charge in [0.25, 0.3) is 11.8 Å². The molecule has 0 atom stereocenters. The molecule has 2 amide bonds. The molecule has 28 heavy (non-hydrogen) atoms. The van der Waals surface area contributed by atoms with Gasteiger partial charge in [0.1, 0.15) is 18.1 Å². The van der Waals surface area contributed by atoms with Gasteiger partial charge < -0.3 is 14.2 Å². The Morgan fingerprint density at radius 1 is 0.893 bits per heavy atom. The first kappa shape index (κ1) is 19.7. The van der Waals surface area contributed by atoms with E-state index in [2.05, 4.69) is 0 Å². The van der Waals surface area contributed by atoms with Crippen LogP contribution in [-0.4, -0.2) is 50.1 Å². The minimum absolute atomic E-state index is 0.0154. The Morgan fingerprint density at radius 3 is 1.82 bits per heavy atom. The van der Waals surface area contributed by atoms with Crippen LogP contribution < -0.4 is 9.47 Å². The summed E-state index contributed by atoms with van der Waals surface area (Å²) >= 11 is 0. The summed E-state index contributed by atoms with van der Waals surface area (Å²) in [5, 5.41) is 1.09. The lowest BCUT2D eigenvalue weighted by Crippen LogP contribution is -2.42. The third-order valence-electron chi connectivity index (χ3n) is 4.64. The van der Waals surface area contributed by atoms with Crippen LogP contribution in [0, 0.1) is 5.41 Å². The van der Waals surface area contributed by atoms with Crippen molar-refractivity contribution in [3.05, 3.63) is 35.4 Å². The van der Waals surface area contributed by atoms with Crippen molar-refractivity contribution < 1.29 is 28.6 Å². The van der Waals surface area contributed by atoms with Gasteiger partial charge in [-0.05, 0) is 45.0 Å². The van der Waals surface area contributed by atoms with Crippen LogP contribution >= 0.6 is 0 Å². The number of hydrogen-bond acceptors (Lipinski definition) is 6. The van der Waals surface area contributed by atoms with Crippen LogP contribution in [-0.2, 0) is 9.53 Å². The van der Waals surface area contributed by atoms with Crippen molar-refractivity contribution in [2.24, 2.45) is 5.41 Å². The van der Waals surface area contributed by atoms with E-state index < -0.39 is 17.2 Å². The Balaban J connectivity index is 1.97. The lowest BCUT2D eigenvalue weighted by atomic mass is 9.93. The van der Waals surface area contributed by atoms with E-state index in [1.165, 1.54) is 14.2 Å². The molecule has 3 rings (SSSR count). The maximum Gasteiger partial charge on any atom is 0.311 e. The quantitative estimate of drug-likeness (QED) is 0.581. The third kappa shape index (κ3) is 3.17. The first-order valence-electron chi connectivity index (χ1n) is 8.91. The lowest BCUT2D eigenvalue weighted by molar-refractivity contribution is -0.153. The number of benzene rings is 2. The highest BCUT2D eigenvalue weighted by Crippen LogP contribution is 2.40. The number of methoxy groups -OCH3 is 2. The molecule has 2 aromatic rings. The molecule has 0 aromatic heterocycles. The summed E-state index contributed by atoms with van der Waals surface area (Å²) in [5.74, 6) is -0.229. The number of amides is 2. The highest BCUT2D eigenvalue weighted by molar-refractivity contribution is 6.26. The standard InChI is InChI=1S/C21H23NO6/c1-21(2,3)20(25)28-11-10-22-18(23)12-6-8-14(26-4)17-15(27-5)9-7-13(16(12)17)19(22)24/h6-9H,10-11H2,1-5H3. The summed E-state index contributed by atoms with van der Waals surface area (Å²) in [4.78, 5) is 39.0. The molecule has 1 aliphatic rings. The van der Waals surface area contributed by atoms with E-state index in [0.717, 1.165) is 4.90 Å². The maximum absolute atomic E-state index is 13.0. The van der Waals surface area contributed by atoms with Crippen molar-refractivity contribution in [3.8, 4) is 11.5 Å². The van der Waals surface area contributed by atoms with Crippen molar-refractivity contribution in [1.82, 2.24) is 4.90 Å². The first-order chi connectivity index (χ1) is 13.2. The maximum atomic E-state index is 13.0. The summed E-state index contributed by atoms with van der Waals surface area (Å²) < 4.78 is 16.0. The Morgan fingerprint density at radius 2 is 1.39 bits per heavy atom. The molecule has 2 aromatic carbocycles. The predicted octanol–water partition coefficient (Wildman–Crippen LogP) is 3.04. The van der Waals surface area contributed by atoms with E-state index >= 15 is 0 Å². The van der Waals surface area contributed by atoms with Gasteiger partial charge in [0.2, 0.25) is 0 Å². The van der Waals surface area contributed by atoms with Gasteiger partial charge in [-0.3, -0.25) is 19.3 Å². The second-order valence-electron chi connectivity index (χ2n) is 7.53. The van der Waals surface area contributed by atoms with Gasteiger partial charge in [-0.15, -0.1) is 0 Å². The molecule has 148 valence electrons. The zero-order chi connectivity index (χ0) is 20.6. The lowest BCUT2D eigenvalue weighted by Gasteiger charge is -2.28. The monoisotopic (exact) mass is 385 g/mol. The molecule has 1 heterocycles. The van der Waals surface area contributed by atoms with Gasteiger partial charge in [0, 0.05) is 16.5 Å². The Hall–Kier alpha value is -3.09. The van der Waals surface area contributed by atoms with E-state index in [1.54, 1.807) is 45.0 Å². The topological polar surface area (TPSA) is 82.1 Å². The zero-order valence-electron chi connectivity index (χ0n) is 16.6. The predicted molar refractivity (Wildman–Crippen MR) is 103 cm³/mol. The second kappa shape index (κ2) is 7.14. The molecule has 0 unspecified atom stereocenters. The summed E-state index contributed by atoms with van der Waals surface area (Å²) in [7, 11) is 3.04. The highest BCUT2D eigenvalue weighted by atomic mass is 16.5. The molecule has 0 radical (unpaired) electrons. The van der Waals surface area contributed by atoms with Crippen LogP contribution in [0.1, 0.15) is 41.5 Å². The Bertz CT molecular complexity index is 914. The molecule has 1 aliphatic heterocycles. The highest BCUT2D eigenvalue weighted by Gasteiger charge is 2.35. The number of esters is 1. The Labute approximate surface area is 163 Å². The van der Waals surface area contributed by atoms with Crippen LogP contribution in [0.15, 0.2) is 24.3 Å². The first-order valence-corrected chi connectivity index (χ1v) is 8.91. The van der Waals surface area contributed by atoms with Crippen LogP contribution in [0.25, 0.3) is 10.8 Å². The third-order valence-corrected chi connectivity index (χ3v) is 4.64. The van der Waals surface area contributed by atoms with Crippen molar-refractivity contribution in [3.63, 3.8) is 0 Å². The van der Waals surface area contributed by atoms with Crippen LogP contribution in [0.3, 0.4) is 0 Å². The number of hydrogen-bond donors (Lipinski definition) is 0. The molecule has 0 aliphatic carbocycles. The summed E-state index contributed by atoms with van der Waals surface area (Å²) in [6.45, 7) is 5.15. The summed E-state index contributed by atoms with van der Waals surface area (Å²) in [5.41, 5.74) is 0.110. The van der Waals surface area contributed by atoms with Crippen molar-refractivity contribution >= 4 is 28.6 Å². The van der Waals surface area contributed by atoms with Gasteiger partial charge in [-0.2, -0.15) is 0 Å². The Kier molecular flexibility index (Phi) is 5.02. The smallest absolute Gasteiger partial charge is 0.311 e. The van der Waals surface area contributed by atoms with Crippen LogP contribution in [0.2, 0.25) is 0 Å². The van der Waals surface area contributed by atoms with Crippen molar-refractivity contribution in [2.75, 3.05) is 27.4 Å². The average Bonchev–Trinajstić information content (AvgIpc) is 2.66. The minimum atomic E-state index is -0.652. The number of ether oxygens (including phenoxy) is 3. The normalized spacial score (nSPS) is 13.7. The molecule has 0 saturated heterocycles. The largest absolute Gasteiger partial charge is 0.496 e. The molecule has 7 heteroatoms. The van der Waals surface area contributed by atoms with Gasteiger partial charge in [-0.25, -0.2) is 0 Å². The summed E-state index contributed by atoms with van der Waals surface area (Å²) in [6.07, 6.45) is 0. The van der Waals surface area contributed by atoms with Gasteiger partial charge in [0.05, 0.1) is 31.6 Å². The number of rotatable bonds is 5. The molecule has 0 saturated carbocycles. The molecule has 7 nitrogen and oxygen atoms in total. The van der Waals surface area contributed by atoms with E-state index in [-0.39, 0.29) is 19.1 Å². The van der Waals surface area contributed by atoms with E-state index in [4.69, 9.17) is 14.2 Å². The average molecular weight is 385 g/mol. The molecular weight excluding hydrogens is 362 g/mol. The van der Waals surface area contributed by atoms with E-state index in [1.807, 2.05) is 0 Å².